The van der Waals surface area contributed by atoms with Crippen LogP contribution in [-0.4, -0.2) is 43.2 Å². The average molecular weight is 857 g/mol. The zero-order chi connectivity index (χ0) is 45.0. The summed E-state index contributed by atoms with van der Waals surface area (Å²) in [4.78, 5) is 51.4. The van der Waals surface area contributed by atoms with Crippen LogP contribution in [0, 0.1) is 13.8 Å². The normalized spacial score (nSPS) is 11.5. The summed E-state index contributed by atoms with van der Waals surface area (Å²) in [6.07, 6.45) is 32.9. The van der Waals surface area contributed by atoms with Gasteiger partial charge in [-0.1, -0.05) is 201 Å². The van der Waals surface area contributed by atoms with Crippen molar-refractivity contribution < 1.29 is 38.1 Å². The zero-order valence-corrected chi connectivity index (χ0v) is 40.5. The van der Waals surface area contributed by atoms with Crippen LogP contribution in [0.3, 0.4) is 0 Å². The molecule has 0 aromatic heterocycles. The van der Waals surface area contributed by atoms with E-state index in [4.69, 9.17) is 18.9 Å². The van der Waals surface area contributed by atoms with Gasteiger partial charge in [0, 0.05) is 18.4 Å². The van der Waals surface area contributed by atoms with Crippen molar-refractivity contribution in [3.63, 3.8) is 0 Å². The van der Waals surface area contributed by atoms with Gasteiger partial charge in [-0.15, -0.1) is 0 Å². The second-order valence-electron chi connectivity index (χ2n) is 18.5. The molecule has 0 saturated carbocycles. The summed E-state index contributed by atoms with van der Waals surface area (Å²) in [6.45, 7) is 14.5. The van der Waals surface area contributed by atoms with Gasteiger partial charge in [0.1, 0.15) is 19.0 Å². The first-order chi connectivity index (χ1) is 29.4. The number of carbonyl (C=O) groups excluding carboxylic acids is 4. The quantitative estimate of drug-likeness (QED) is 0.0278. The highest BCUT2D eigenvalue weighted by molar-refractivity contribution is 5.79. The third-order valence-corrected chi connectivity index (χ3v) is 11.9. The number of rotatable bonds is 40. The Morgan fingerprint density at radius 3 is 1.25 bits per heavy atom. The molecule has 61 heavy (non-hydrogen) atoms. The Balaban J connectivity index is 2.57. The molecule has 0 heterocycles. The molecule has 0 spiro atoms. The summed E-state index contributed by atoms with van der Waals surface area (Å²) in [5.74, 6) is -1.37. The molecule has 0 saturated heterocycles. The van der Waals surface area contributed by atoms with E-state index in [0.29, 0.717) is 18.6 Å². The van der Waals surface area contributed by atoms with E-state index < -0.39 is 18.0 Å². The molecule has 8 heteroatoms. The topological polar surface area (TPSA) is 105 Å². The smallest absolute Gasteiger partial charge is 0.311 e. The second-order valence-corrected chi connectivity index (χ2v) is 18.5. The molecular weight excluding hydrogens is 765 g/mol. The van der Waals surface area contributed by atoms with E-state index in [1.54, 1.807) is 0 Å². The Morgan fingerprint density at radius 2 is 0.852 bits per heavy atom. The Bertz CT molecular complexity index is 1260. The van der Waals surface area contributed by atoms with Crippen LogP contribution in [0.2, 0.25) is 0 Å². The lowest BCUT2D eigenvalue weighted by Crippen LogP contribution is -2.31. The number of hydrogen-bond donors (Lipinski definition) is 0. The summed E-state index contributed by atoms with van der Waals surface area (Å²) >= 11 is 0. The van der Waals surface area contributed by atoms with Gasteiger partial charge in [-0.25, -0.2) is 0 Å². The van der Waals surface area contributed by atoms with E-state index >= 15 is 0 Å². The molecule has 0 atom stereocenters. The number of esters is 4. The van der Waals surface area contributed by atoms with Crippen molar-refractivity contribution in [1.29, 1.82) is 0 Å². The molecule has 0 unspecified atom stereocenters. The van der Waals surface area contributed by atoms with Crippen molar-refractivity contribution in [2.75, 3.05) is 13.2 Å². The minimum absolute atomic E-state index is 0.177. The summed E-state index contributed by atoms with van der Waals surface area (Å²) in [6, 6.07) is 3.98. The van der Waals surface area contributed by atoms with Crippen molar-refractivity contribution in [3.8, 4) is 5.75 Å². The van der Waals surface area contributed by atoms with E-state index in [1.165, 1.54) is 128 Å². The monoisotopic (exact) mass is 857 g/mol. The number of unbranched alkanes of at least 4 members (excludes halogenated alkanes) is 24. The first kappa shape index (κ1) is 56.1. The highest BCUT2D eigenvalue weighted by Crippen LogP contribution is 2.38. The van der Waals surface area contributed by atoms with Crippen molar-refractivity contribution in [1.82, 2.24) is 0 Å². The summed E-state index contributed by atoms with van der Waals surface area (Å²) < 4.78 is 22.5. The highest BCUT2D eigenvalue weighted by Gasteiger charge is 2.28. The molecule has 0 fully saturated rings. The van der Waals surface area contributed by atoms with Gasteiger partial charge >= 0.3 is 23.9 Å². The van der Waals surface area contributed by atoms with Crippen LogP contribution in [0.25, 0.3) is 0 Å². The molecule has 0 aliphatic carbocycles. The molecule has 0 radical (unpaired) electrons. The van der Waals surface area contributed by atoms with E-state index in [0.717, 1.165) is 68.1 Å². The standard InChI is InChI=1S/C53H92O8/c1-8-11-13-15-17-19-21-23-25-27-29-31-33-35-48(54)58-42-46(43-59-49(55)36-34-32-30-28-26-24-22-20-18-16-14-12-9-2)60-50(56)37-38-51(57)61-47-41-44(4)40-45(5)52(47)53(6,7)39-10-3/h40-41,46H,8-39,42-43H2,1-7H3. The molecule has 0 bridgehead atoms. The molecule has 352 valence electrons. The van der Waals surface area contributed by atoms with Gasteiger partial charge in [-0.05, 0) is 55.7 Å². The van der Waals surface area contributed by atoms with Crippen molar-refractivity contribution >= 4 is 23.9 Å². The van der Waals surface area contributed by atoms with Gasteiger partial charge < -0.3 is 18.9 Å². The first-order valence-electron chi connectivity index (χ1n) is 25.3. The Kier molecular flexibility index (Phi) is 33.6. The van der Waals surface area contributed by atoms with Crippen LogP contribution in [0.4, 0.5) is 0 Å². The minimum Gasteiger partial charge on any atom is -0.462 e. The molecule has 1 rings (SSSR count). The highest BCUT2D eigenvalue weighted by atomic mass is 16.6. The fourth-order valence-corrected chi connectivity index (χ4v) is 8.46. The van der Waals surface area contributed by atoms with E-state index in [-0.39, 0.29) is 43.4 Å². The first-order valence-corrected chi connectivity index (χ1v) is 25.3. The molecule has 1 aromatic carbocycles. The van der Waals surface area contributed by atoms with Gasteiger partial charge in [0.25, 0.3) is 0 Å². The largest absolute Gasteiger partial charge is 0.462 e. The second kappa shape index (κ2) is 36.6. The lowest BCUT2D eigenvalue weighted by molar-refractivity contribution is -0.167. The Morgan fingerprint density at radius 1 is 0.475 bits per heavy atom. The maximum absolute atomic E-state index is 13.1. The van der Waals surface area contributed by atoms with Gasteiger partial charge in [0.05, 0.1) is 12.8 Å². The maximum Gasteiger partial charge on any atom is 0.311 e. The number of benzene rings is 1. The van der Waals surface area contributed by atoms with Gasteiger partial charge in [0.15, 0.2) is 6.10 Å². The van der Waals surface area contributed by atoms with Crippen LogP contribution >= 0.6 is 0 Å². The molecule has 0 aliphatic heterocycles. The predicted molar refractivity (Wildman–Crippen MR) is 251 cm³/mol. The third kappa shape index (κ3) is 29.9. The Labute approximate surface area is 374 Å². The SMILES string of the molecule is CCCCCCCCCCCCCCCC(=O)OCC(COC(=O)CCCCCCCCCCCCCCC)OC(=O)CCC(=O)Oc1cc(C)cc(C)c1C(C)(C)CCC. The van der Waals surface area contributed by atoms with Gasteiger partial charge in [-0.2, -0.15) is 0 Å². The summed E-state index contributed by atoms with van der Waals surface area (Å²) in [5, 5.41) is 0. The molecule has 1 aromatic rings. The predicted octanol–water partition coefficient (Wildman–Crippen LogP) is 15.0. The Hall–Kier alpha value is -2.90. The van der Waals surface area contributed by atoms with Crippen LogP contribution in [-0.2, 0) is 38.8 Å². The molecule has 0 N–H and O–H groups in total. The molecule has 8 nitrogen and oxygen atoms in total. The van der Waals surface area contributed by atoms with Crippen molar-refractivity contribution in [2.24, 2.45) is 0 Å². The number of ether oxygens (including phenoxy) is 4. The number of carbonyl (C=O) groups is 4. The van der Waals surface area contributed by atoms with Gasteiger partial charge in [-0.3, -0.25) is 19.2 Å². The van der Waals surface area contributed by atoms with Crippen LogP contribution < -0.4 is 4.74 Å². The van der Waals surface area contributed by atoms with Gasteiger partial charge in [0.2, 0.25) is 0 Å². The fraction of sp³-hybridized carbons (Fsp3) is 0.811. The fourth-order valence-electron chi connectivity index (χ4n) is 8.46. The molecular formula is C53H92O8. The van der Waals surface area contributed by atoms with E-state index in [9.17, 15) is 19.2 Å². The third-order valence-electron chi connectivity index (χ3n) is 11.9. The van der Waals surface area contributed by atoms with Crippen LogP contribution in [0.1, 0.15) is 257 Å². The van der Waals surface area contributed by atoms with Crippen molar-refractivity contribution in [3.05, 3.63) is 28.8 Å². The summed E-state index contributed by atoms with van der Waals surface area (Å²) in [7, 11) is 0. The van der Waals surface area contributed by atoms with Crippen LogP contribution in [0.5, 0.6) is 5.75 Å². The number of hydrogen-bond acceptors (Lipinski definition) is 8. The minimum atomic E-state index is -0.962. The zero-order valence-electron chi connectivity index (χ0n) is 40.5. The van der Waals surface area contributed by atoms with E-state index in [2.05, 4.69) is 40.7 Å². The van der Waals surface area contributed by atoms with Crippen molar-refractivity contribution in [2.45, 2.75) is 265 Å². The number of aryl methyl sites for hydroxylation is 2. The van der Waals surface area contributed by atoms with Crippen LogP contribution in [0.15, 0.2) is 12.1 Å². The lowest BCUT2D eigenvalue weighted by Gasteiger charge is -2.29. The molecule has 0 aliphatic rings. The van der Waals surface area contributed by atoms with E-state index in [1.807, 2.05) is 19.9 Å². The maximum atomic E-state index is 13.1. The lowest BCUT2D eigenvalue weighted by atomic mass is 9.77. The average Bonchev–Trinajstić information content (AvgIpc) is 3.21. The molecule has 0 amide bonds. The summed E-state index contributed by atoms with van der Waals surface area (Å²) in [5.41, 5.74) is 2.86.